The minimum Gasteiger partial charge on any atom is -0.396 e. The van der Waals surface area contributed by atoms with Crippen LogP contribution in [0.5, 0.6) is 0 Å². The molecule has 1 aromatic heterocycles. The molecule has 2 atom stereocenters. The zero-order valence-corrected chi connectivity index (χ0v) is 11.5. The number of aliphatic hydroxyl groups excluding tert-OH is 1. The second-order valence-corrected chi connectivity index (χ2v) is 5.86. The van der Waals surface area contributed by atoms with Gasteiger partial charge in [0.15, 0.2) is 0 Å². The lowest BCUT2D eigenvalue weighted by molar-refractivity contribution is 0.151. The van der Waals surface area contributed by atoms with Crippen molar-refractivity contribution in [2.75, 3.05) is 6.61 Å². The normalized spacial score (nSPS) is 27.2. The molecule has 1 fully saturated rings. The van der Waals surface area contributed by atoms with E-state index in [1.54, 1.807) is 0 Å². The molecule has 2 aliphatic rings. The maximum absolute atomic E-state index is 9.44. The van der Waals surface area contributed by atoms with Gasteiger partial charge in [0.05, 0.1) is 6.54 Å². The summed E-state index contributed by atoms with van der Waals surface area (Å²) in [4.78, 5) is 0. The molecule has 0 amide bonds. The van der Waals surface area contributed by atoms with Crippen LogP contribution in [0, 0.1) is 5.92 Å². The van der Waals surface area contributed by atoms with Gasteiger partial charge in [-0.15, -0.1) is 10.2 Å². The van der Waals surface area contributed by atoms with Crippen LogP contribution in [0.4, 0.5) is 0 Å². The molecule has 19 heavy (non-hydrogen) atoms. The zero-order valence-electron chi connectivity index (χ0n) is 11.5. The van der Waals surface area contributed by atoms with Crippen molar-refractivity contribution in [3.05, 3.63) is 11.6 Å². The van der Waals surface area contributed by atoms with Crippen molar-refractivity contribution in [1.82, 2.24) is 20.1 Å². The molecule has 0 bridgehead atoms. The molecule has 2 heterocycles. The molecule has 1 aliphatic carbocycles. The van der Waals surface area contributed by atoms with Gasteiger partial charge in [-0.25, -0.2) is 0 Å². The molecule has 0 spiro atoms. The summed E-state index contributed by atoms with van der Waals surface area (Å²) in [7, 11) is 0. The summed E-state index contributed by atoms with van der Waals surface area (Å²) in [5.74, 6) is 2.62. The van der Waals surface area contributed by atoms with Crippen molar-refractivity contribution in [3.8, 4) is 0 Å². The molecule has 1 saturated carbocycles. The molecule has 3 rings (SSSR count). The van der Waals surface area contributed by atoms with E-state index in [0.717, 1.165) is 37.6 Å². The van der Waals surface area contributed by atoms with Gasteiger partial charge in [0.2, 0.25) is 0 Å². The van der Waals surface area contributed by atoms with E-state index in [1.807, 2.05) is 0 Å². The minimum atomic E-state index is 0.301. The van der Waals surface area contributed by atoms with E-state index in [-0.39, 0.29) is 0 Å². The van der Waals surface area contributed by atoms with Crippen molar-refractivity contribution in [1.29, 1.82) is 0 Å². The molecule has 0 radical (unpaired) electrons. The number of aliphatic hydroxyl groups is 1. The highest BCUT2D eigenvalue weighted by atomic mass is 16.3. The molecule has 0 saturated heterocycles. The second-order valence-electron chi connectivity index (χ2n) is 5.86. The molecule has 5 heteroatoms. The van der Waals surface area contributed by atoms with Gasteiger partial charge >= 0.3 is 0 Å². The Labute approximate surface area is 114 Å². The molecule has 2 unspecified atom stereocenters. The fourth-order valence-corrected chi connectivity index (χ4v) is 3.42. The number of rotatable bonds is 4. The third-order valence-electron chi connectivity index (χ3n) is 4.60. The number of nitrogens with one attached hydrogen (secondary N) is 1. The van der Waals surface area contributed by atoms with Gasteiger partial charge in [-0.05, 0) is 31.6 Å². The Morgan fingerprint density at radius 2 is 2.05 bits per heavy atom. The van der Waals surface area contributed by atoms with E-state index >= 15 is 0 Å². The molecule has 1 aliphatic heterocycles. The van der Waals surface area contributed by atoms with Crippen LogP contribution in [0.2, 0.25) is 0 Å². The summed E-state index contributed by atoms with van der Waals surface area (Å²) in [6.07, 6.45) is 8.38. The lowest BCUT2D eigenvalue weighted by Gasteiger charge is -2.31. The number of nitrogens with zero attached hydrogens (tertiary/aromatic N) is 3. The van der Waals surface area contributed by atoms with Crippen LogP contribution in [-0.2, 0) is 19.5 Å². The quantitative estimate of drug-likeness (QED) is 0.859. The summed E-state index contributed by atoms with van der Waals surface area (Å²) in [6, 6.07) is 0.440. The average Bonchev–Trinajstić information content (AvgIpc) is 2.89. The Hall–Kier alpha value is -0.940. The van der Waals surface area contributed by atoms with Gasteiger partial charge < -0.3 is 15.0 Å². The molecular weight excluding hydrogens is 240 g/mol. The summed E-state index contributed by atoms with van der Waals surface area (Å²) < 4.78 is 2.27. The molecule has 1 aromatic rings. The predicted octanol–water partition coefficient (Wildman–Crippen LogP) is 1.26. The Kier molecular flexibility index (Phi) is 4.13. The van der Waals surface area contributed by atoms with E-state index in [2.05, 4.69) is 20.1 Å². The van der Waals surface area contributed by atoms with E-state index < -0.39 is 0 Å². The van der Waals surface area contributed by atoms with Crippen LogP contribution in [0.1, 0.15) is 50.2 Å². The van der Waals surface area contributed by atoms with Crippen LogP contribution in [-0.4, -0.2) is 32.5 Å². The van der Waals surface area contributed by atoms with Gasteiger partial charge in [-0.3, -0.25) is 0 Å². The molecule has 5 nitrogen and oxygen atoms in total. The van der Waals surface area contributed by atoms with E-state index in [4.69, 9.17) is 0 Å². The topological polar surface area (TPSA) is 63.0 Å². The van der Waals surface area contributed by atoms with Crippen molar-refractivity contribution < 1.29 is 5.11 Å². The first-order valence-corrected chi connectivity index (χ1v) is 7.63. The molecule has 0 aromatic carbocycles. The molecular formula is C14H24N4O. The summed E-state index contributed by atoms with van der Waals surface area (Å²) >= 11 is 0. The number of hydrogen-bond donors (Lipinski definition) is 2. The monoisotopic (exact) mass is 264 g/mol. The summed E-state index contributed by atoms with van der Waals surface area (Å²) in [5, 5.41) is 21.6. The third-order valence-corrected chi connectivity index (χ3v) is 4.60. The van der Waals surface area contributed by atoms with Crippen molar-refractivity contribution in [3.63, 3.8) is 0 Å². The first-order valence-electron chi connectivity index (χ1n) is 7.63. The van der Waals surface area contributed by atoms with Crippen molar-refractivity contribution in [2.45, 2.75) is 64.1 Å². The highest BCUT2D eigenvalue weighted by Crippen LogP contribution is 2.24. The second kappa shape index (κ2) is 6.01. The number of aryl methyl sites for hydroxylation is 1. The number of fused-ring (bicyclic) bond motifs is 1. The van der Waals surface area contributed by atoms with E-state index in [1.165, 1.54) is 32.1 Å². The zero-order chi connectivity index (χ0) is 13.1. The van der Waals surface area contributed by atoms with Crippen molar-refractivity contribution in [2.24, 2.45) is 5.92 Å². The van der Waals surface area contributed by atoms with Crippen molar-refractivity contribution >= 4 is 0 Å². The summed E-state index contributed by atoms with van der Waals surface area (Å²) in [6.45, 7) is 2.15. The molecule has 106 valence electrons. The Balaban J connectivity index is 1.61. The third kappa shape index (κ3) is 2.82. The maximum Gasteiger partial charge on any atom is 0.147 e. The SMILES string of the molecule is OCC1CCCCC1NCc1nnc2n1CCCC2. The highest BCUT2D eigenvalue weighted by Gasteiger charge is 2.25. The fraction of sp³-hybridized carbons (Fsp3) is 0.857. The van der Waals surface area contributed by atoms with Crippen LogP contribution in [0.15, 0.2) is 0 Å². The lowest BCUT2D eigenvalue weighted by Crippen LogP contribution is -2.40. The Morgan fingerprint density at radius 1 is 1.16 bits per heavy atom. The summed E-state index contributed by atoms with van der Waals surface area (Å²) in [5.41, 5.74) is 0. The largest absolute Gasteiger partial charge is 0.396 e. The van der Waals surface area contributed by atoms with Gasteiger partial charge in [-0.2, -0.15) is 0 Å². The standard InChI is InChI=1S/C14H24N4O/c19-10-11-5-1-2-6-12(11)15-9-14-17-16-13-7-3-4-8-18(13)14/h11-12,15,19H,1-10H2. The van der Waals surface area contributed by atoms with E-state index in [0.29, 0.717) is 18.6 Å². The average molecular weight is 264 g/mol. The first kappa shape index (κ1) is 13.1. The van der Waals surface area contributed by atoms with Crippen LogP contribution in [0.25, 0.3) is 0 Å². The van der Waals surface area contributed by atoms with Crippen LogP contribution in [0.3, 0.4) is 0 Å². The molecule has 2 N–H and O–H groups in total. The van der Waals surface area contributed by atoms with Gasteiger partial charge in [0, 0.05) is 25.6 Å². The van der Waals surface area contributed by atoms with Gasteiger partial charge in [0.1, 0.15) is 11.6 Å². The van der Waals surface area contributed by atoms with Crippen LogP contribution >= 0.6 is 0 Å². The lowest BCUT2D eigenvalue weighted by atomic mass is 9.85. The predicted molar refractivity (Wildman–Crippen MR) is 72.6 cm³/mol. The van der Waals surface area contributed by atoms with Gasteiger partial charge in [0.25, 0.3) is 0 Å². The van der Waals surface area contributed by atoms with Gasteiger partial charge in [-0.1, -0.05) is 12.8 Å². The highest BCUT2D eigenvalue weighted by molar-refractivity contribution is 4.99. The Bertz CT molecular complexity index is 418. The number of aromatic nitrogens is 3. The van der Waals surface area contributed by atoms with E-state index in [9.17, 15) is 5.11 Å². The first-order chi connectivity index (χ1) is 9.38. The maximum atomic E-state index is 9.44. The number of hydrogen-bond acceptors (Lipinski definition) is 4. The van der Waals surface area contributed by atoms with Crippen LogP contribution < -0.4 is 5.32 Å². The smallest absolute Gasteiger partial charge is 0.147 e. The Morgan fingerprint density at radius 3 is 2.95 bits per heavy atom. The fourth-order valence-electron chi connectivity index (χ4n) is 3.42. The minimum absolute atomic E-state index is 0.301.